The lowest BCUT2D eigenvalue weighted by Crippen LogP contribution is -2.35. The number of aromatic nitrogens is 1. The molecule has 4 aromatic rings. The number of H-pyrrole nitrogens is 1. The van der Waals surface area contributed by atoms with Gasteiger partial charge in [0, 0.05) is 29.2 Å². The van der Waals surface area contributed by atoms with Crippen molar-refractivity contribution < 1.29 is 14.2 Å². The average molecular weight is 474 g/mol. The molecule has 0 radical (unpaired) electrons. The second-order valence-electron chi connectivity index (χ2n) is 7.92. The molecule has 0 spiro atoms. The van der Waals surface area contributed by atoms with Gasteiger partial charge in [-0.2, -0.15) is 0 Å². The summed E-state index contributed by atoms with van der Waals surface area (Å²) in [6, 6.07) is 23.1. The number of ether oxygens (including phenoxy) is 3. The van der Waals surface area contributed by atoms with Crippen LogP contribution >= 0.6 is 12.2 Å². The number of thiocarbonyl (C=S) groups is 1. The number of hydrogen-bond acceptors (Lipinski definition) is 5. The van der Waals surface area contributed by atoms with Crippen LogP contribution in [0.25, 0.3) is 10.9 Å². The highest BCUT2D eigenvalue weighted by atomic mass is 32.1. The number of aromatic amines is 1. The number of nitrogens with one attached hydrogen (secondary N) is 2. The van der Waals surface area contributed by atoms with E-state index in [4.69, 9.17) is 26.4 Å². The molecule has 34 heavy (non-hydrogen) atoms. The van der Waals surface area contributed by atoms with Gasteiger partial charge < -0.3 is 29.4 Å². The fraction of sp³-hybridized carbons (Fsp3) is 0.154. The van der Waals surface area contributed by atoms with E-state index >= 15 is 0 Å². The van der Waals surface area contributed by atoms with E-state index in [0.717, 1.165) is 22.4 Å². The average Bonchev–Trinajstić information content (AvgIpc) is 3.31. The van der Waals surface area contributed by atoms with Gasteiger partial charge in [-0.25, -0.2) is 0 Å². The summed E-state index contributed by atoms with van der Waals surface area (Å²) < 4.78 is 16.2. The van der Waals surface area contributed by atoms with Crippen molar-refractivity contribution >= 4 is 33.9 Å². The zero-order valence-electron chi connectivity index (χ0n) is 18.5. The highest BCUT2D eigenvalue weighted by molar-refractivity contribution is 7.80. The van der Waals surface area contributed by atoms with Crippen LogP contribution < -0.4 is 25.1 Å². The topological polar surface area (TPSA) is 75.8 Å². The summed E-state index contributed by atoms with van der Waals surface area (Å²) in [4.78, 5) is 17.9. The minimum absolute atomic E-state index is 0.173. The van der Waals surface area contributed by atoms with Gasteiger partial charge >= 0.3 is 0 Å². The van der Waals surface area contributed by atoms with Crippen molar-refractivity contribution in [1.29, 1.82) is 0 Å². The van der Waals surface area contributed by atoms with Gasteiger partial charge in [0.05, 0.1) is 19.2 Å². The van der Waals surface area contributed by atoms with E-state index in [1.165, 1.54) is 0 Å². The first-order chi connectivity index (χ1) is 16.6. The minimum atomic E-state index is -0.173. The van der Waals surface area contributed by atoms with Crippen LogP contribution in [0, 0.1) is 0 Å². The first-order valence-electron chi connectivity index (χ1n) is 10.8. The largest absolute Gasteiger partial charge is 0.497 e. The maximum absolute atomic E-state index is 13.0. The molecule has 0 fully saturated rings. The van der Waals surface area contributed by atoms with E-state index in [1.54, 1.807) is 13.2 Å². The Balaban J connectivity index is 1.45. The van der Waals surface area contributed by atoms with Gasteiger partial charge in [-0.3, -0.25) is 4.79 Å². The Hall–Kier alpha value is -4.04. The molecule has 1 aliphatic heterocycles. The molecule has 2 N–H and O–H groups in total. The Morgan fingerprint density at radius 2 is 1.76 bits per heavy atom. The summed E-state index contributed by atoms with van der Waals surface area (Å²) in [7, 11) is 1.64. The van der Waals surface area contributed by atoms with Crippen molar-refractivity contribution in [2.24, 2.45) is 0 Å². The molecule has 3 aromatic carbocycles. The Bertz CT molecular complexity index is 1390. The summed E-state index contributed by atoms with van der Waals surface area (Å²) in [6.45, 7) is 1.02. The standard InChI is InChI=1S/C26H23N3O4S/c1-31-21-9-7-17(8-10-21)14-29(26(34)27-20-5-3-2-4-6-20)15-19-11-18-12-23-24(33-16-32-23)13-22(18)28-25(19)30/h2-13H,14-16H2,1H3,(H,27,34)(H,28,30). The maximum Gasteiger partial charge on any atom is 0.253 e. The Morgan fingerprint density at radius 1 is 1.03 bits per heavy atom. The van der Waals surface area contributed by atoms with Gasteiger partial charge in [-0.15, -0.1) is 0 Å². The molecule has 0 aliphatic carbocycles. The van der Waals surface area contributed by atoms with Gasteiger partial charge in [-0.05, 0) is 54.2 Å². The number of methoxy groups -OCH3 is 1. The van der Waals surface area contributed by atoms with Crippen LogP contribution in [-0.2, 0) is 13.1 Å². The zero-order valence-corrected chi connectivity index (χ0v) is 19.4. The van der Waals surface area contributed by atoms with Crippen LogP contribution in [0.5, 0.6) is 17.2 Å². The molecule has 1 aliphatic rings. The van der Waals surface area contributed by atoms with Gasteiger partial charge in [0.25, 0.3) is 5.56 Å². The highest BCUT2D eigenvalue weighted by Crippen LogP contribution is 2.35. The second kappa shape index (κ2) is 9.44. The first kappa shape index (κ1) is 21.8. The highest BCUT2D eigenvalue weighted by Gasteiger charge is 2.18. The van der Waals surface area contributed by atoms with Crippen LogP contribution in [0.3, 0.4) is 0 Å². The van der Waals surface area contributed by atoms with Crippen molar-refractivity contribution in [1.82, 2.24) is 9.88 Å². The molecule has 0 amide bonds. The third-order valence-electron chi connectivity index (χ3n) is 5.62. The Morgan fingerprint density at radius 3 is 2.50 bits per heavy atom. The fourth-order valence-corrected chi connectivity index (χ4v) is 4.09. The number of benzene rings is 3. The number of pyridine rings is 1. The van der Waals surface area contributed by atoms with Crippen molar-refractivity contribution in [2.45, 2.75) is 13.1 Å². The van der Waals surface area contributed by atoms with Crippen LogP contribution in [0.15, 0.2) is 77.6 Å². The fourth-order valence-electron chi connectivity index (χ4n) is 3.84. The molecular formula is C26H23N3O4S. The number of nitrogens with zero attached hydrogens (tertiary/aromatic N) is 1. The van der Waals surface area contributed by atoms with Gasteiger partial charge in [0.2, 0.25) is 6.79 Å². The monoisotopic (exact) mass is 473 g/mol. The Kier molecular flexibility index (Phi) is 6.05. The summed E-state index contributed by atoms with van der Waals surface area (Å²) in [5, 5.41) is 4.67. The van der Waals surface area contributed by atoms with Crippen molar-refractivity contribution in [3.63, 3.8) is 0 Å². The molecule has 172 valence electrons. The van der Waals surface area contributed by atoms with Crippen LogP contribution in [0.2, 0.25) is 0 Å². The summed E-state index contributed by atoms with van der Waals surface area (Å²) >= 11 is 5.75. The van der Waals surface area contributed by atoms with E-state index in [-0.39, 0.29) is 12.4 Å². The first-order valence-corrected chi connectivity index (χ1v) is 11.2. The number of anilines is 1. The molecule has 0 atom stereocenters. The predicted octanol–water partition coefficient (Wildman–Crippen LogP) is 4.66. The summed E-state index contributed by atoms with van der Waals surface area (Å²) in [5.74, 6) is 2.08. The predicted molar refractivity (Wildman–Crippen MR) is 136 cm³/mol. The SMILES string of the molecule is COc1ccc(CN(Cc2cc3cc4c(cc3[nH]c2=O)OCO4)C(=S)Nc2ccccc2)cc1. The second-order valence-corrected chi connectivity index (χ2v) is 8.30. The third kappa shape index (κ3) is 4.67. The minimum Gasteiger partial charge on any atom is -0.497 e. The van der Waals surface area contributed by atoms with E-state index in [1.807, 2.05) is 71.6 Å². The van der Waals surface area contributed by atoms with E-state index < -0.39 is 0 Å². The summed E-state index contributed by atoms with van der Waals surface area (Å²) in [5.41, 5.74) is 3.04. The zero-order chi connectivity index (χ0) is 23.5. The van der Waals surface area contributed by atoms with Crippen LogP contribution in [0.1, 0.15) is 11.1 Å². The molecule has 0 bridgehead atoms. The molecule has 2 heterocycles. The van der Waals surface area contributed by atoms with Crippen molar-refractivity contribution in [2.75, 3.05) is 19.2 Å². The maximum atomic E-state index is 13.0. The van der Waals surface area contributed by atoms with Gasteiger partial charge in [-0.1, -0.05) is 30.3 Å². The third-order valence-corrected chi connectivity index (χ3v) is 5.98. The van der Waals surface area contributed by atoms with Crippen molar-refractivity contribution in [3.8, 4) is 17.2 Å². The lowest BCUT2D eigenvalue weighted by molar-refractivity contribution is 0.174. The lowest BCUT2D eigenvalue weighted by Gasteiger charge is -2.26. The number of hydrogen-bond donors (Lipinski definition) is 2. The number of rotatable bonds is 6. The van der Waals surface area contributed by atoms with Crippen LogP contribution in [0.4, 0.5) is 5.69 Å². The number of fused-ring (bicyclic) bond motifs is 2. The molecule has 0 saturated heterocycles. The molecular weight excluding hydrogens is 450 g/mol. The molecule has 0 unspecified atom stereocenters. The molecule has 8 heteroatoms. The van der Waals surface area contributed by atoms with Crippen LogP contribution in [-0.4, -0.2) is 28.9 Å². The smallest absolute Gasteiger partial charge is 0.253 e. The molecule has 0 saturated carbocycles. The van der Waals surface area contributed by atoms with E-state index in [9.17, 15) is 4.79 Å². The van der Waals surface area contributed by atoms with Gasteiger partial charge in [0.1, 0.15) is 5.75 Å². The molecule has 1 aromatic heterocycles. The van der Waals surface area contributed by atoms with Crippen molar-refractivity contribution in [3.05, 3.63) is 94.3 Å². The normalized spacial score (nSPS) is 11.9. The number of para-hydroxylation sites is 1. The Labute approximate surface area is 201 Å². The molecule has 7 nitrogen and oxygen atoms in total. The van der Waals surface area contributed by atoms with E-state index in [0.29, 0.717) is 40.8 Å². The lowest BCUT2D eigenvalue weighted by atomic mass is 10.1. The summed E-state index contributed by atoms with van der Waals surface area (Å²) in [6.07, 6.45) is 0. The molecule has 5 rings (SSSR count). The van der Waals surface area contributed by atoms with Gasteiger partial charge in [0.15, 0.2) is 16.6 Å². The van der Waals surface area contributed by atoms with E-state index in [2.05, 4.69) is 10.3 Å². The quantitative estimate of drug-likeness (QED) is 0.394.